The van der Waals surface area contributed by atoms with Crippen molar-refractivity contribution in [1.29, 1.82) is 0 Å². The van der Waals surface area contributed by atoms with Crippen molar-refractivity contribution in [2.24, 2.45) is 5.92 Å². The van der Waals surface area contributed by atoms with Crippen LogP contribution >= 0.6 is 11.8 Å². The summed E-state index contributed by atoms with van der Waals surface area (Å²) in [6.07, 6.45) is 1.71. The van der Waals surface area contributed by atoms with Crippen LogP contribution in [0.2, 0.25) is 0 Å². The molecule has 0 heterocycles. The number of thioether (sulfide) groups is 1. The summed E-state index contributed by atoms with van der Waals surface area (Å²) in [4.78, 5) is 22.9. The summed E-state index contributed by atoms with van der Waals surface area (Å²) < 4.78 is 0. The van der Waals surface area contributed by atoms with Gasteiger partial charge in [0.1, 0.15) is 0 Å². The largest absolute Gasteiger partial charge is 0.391 e. The molecule has 0 saturated carbocycles. The van der Waals surface area contributed by atoms with E-state index in [2.05, 4.69) is 5.32 Å². The van der Waals surface area contributed by atoms with Crippen LogP contribution in [0.15, 0.2) is 23.1 Å². The summed E-state index contributed by atoms with van der Waals surface area (Å²) in [5, 5.41) is 23.3. The first-order chi connectivity index (χ1) is 9.85. The standard InChI is InChI=1S/C14H20N2O4S/c1-9(2)6-11(17)8-15-14(18)10-4-5-13(21-3)12(7-10)16(19)20/h4-5,7,9,11,17H,6,8H2,1-3H3,(H,15,18). The van der Waals surface area contributed by atoms with Gasteiger partial charge in [-0.2, -0.15) is 0 Å². The first kappa shape index (κ1) is 17.5. The Labute approximate surface area is 128 Å². The average molecular weight is 312 g/mol. The van der Waals surface area contributed by atoms with Gasteiger partial charge in [-0.3, -0.25) is 14.9 Å². The minimum atomic E-state index is -0.616. The highest BCUT2D eigenvalue weighted by atomic mass is 32.2. The van der Waals surface area contributed by atoms with Gasteiger partial charge in [0.2, 0.25) is 0 Å². The molecule has 0 aliphatic carbocycles. The number of carbonyl (C=O) groups is 1. The fraction of sp³-hybridized carbons (Fsp3) is 0.500. The zero-order valence-corrected chi connectivity index (χ0v) is 13.1. The third kappa shape index (κ3) is 5.35. The lowest BCUT2D eigenvalue weighted by Gasteiger charge is -2.14. The van der Waals surface area contributed by atoms with Crippen molar-refractivity contribution in [3.05, 3.63) is 33.9 Å². The molecule has 21 heavy (non-hydrogen) atoms. The summed E-state index contributed by atoms with van der Waals surface area (Å²) >= 11 is 1.26. The SMILES string of the molecule is CSc1ccc(C(=O)NCC(O)CC(C)C)cc1[N+](=O)[O-]. The van der Waals surface area contributed by atoms with E-state index >= 15 is 0 Å². The van der Waals surface area contributed by atoms with Gasteiger partial charge in [-0.05, 0) is 30.7 Å². The lowest BCUT2D eigenvalue weighted by Crippen LogP contribution is -2.32. The number of carbonyl (C=O) groups excluding carboxylic acids is 1. The number of rotatable bonds is 7. The van der Waals surface area contributed by atoms with E-state index in [4.69, 9.17) is 0 Å². The molecule has 7 heteroatoms. The highest BCUT2D eigenvalue weighted by molar-refractivity contribution is 7.98. The van der Waals surface area contributed by atoms with Crippen molar-refractivity contribution in [3.8, 4) is 0 Å². The van der Waals surface area contributed by atoms with Crippen LogP contribution < -0.4 is 5.32 Å². The van der Waals surface area contributed by atoms with Crippen LogP contribution in [0.1, 0.15) is 30.6 Å². The number of aliphatic hydroxyl groups excluding tert-OH is 1. The number of hydrogen-bond acceptors (Lipinski definition) is 5. The molecule has 6 nitrogen and oxygen atoms in total. The molecule has 0 fully saturated rings. The normalized spacial score (nSPS) is 12.2. The Kier molecular flexibility index (Phi) is 6.64. The quantitative estimate of drug-likeness (QED) is 0.458. The minimum Gasteiger partial charge on any atom is -0.391 e. The maximum atomic E-state index is 12.0. The van der Waals surface area contributed by atoms with Gasteiger partial charge in [0.15, 0.2) is 0 Å². The molecule has 0 spiro atoms. The molecule has 1 amide bonds. The molecule has 1 aromatic carbocycles. The maximum Gasteiger partial charge on any atom is 0.283 e. The summed E-state index contributed by atoms with van der Waals surface area (Å²) in [6.45, 7) is 4.10. The van der Waals surface area contributed by atoms with Gasteiger partial charge < -0.3 is 10.4 Å². The number of aliphatic hydroxyl groups is 1. The van der Waals surface area contributed by atoms with E-state index < -0.39 is 16.9 Å². The van der Waals surface area contributed by atoms with Crippen molar-refractivity contribution in [2.75, 3.05) is 12.8 Å². The molecule has 0 aliphatic heterocycles. The van der Waals surface area contributed by atoms with Crippen LogP contribution in [-0.4, -0.2) is 34.8 Å². The number of hydrogen-bond donors (Lipinski definition) is 2. The van der Waals surface area contributed by atoms with E-state index in [0.717, 1.165) is 0 Å². The van der Waals surface area contributed by atoms with Crippen LogP contribution in [0.3, 0.4) is 0 Å². The van der Waals surface area contributed by atoms with E-state index in [0.29, 0.717) is 17.2 Å². The molecule has 0 aliphatic rings. The van der Waals surface area contributed by atoms with E-state index in [1.54, 1.807) is 18.4 Å². The fourth-order valence-corrected chi connectivity index (χ4v) is 2.46. The second-order valence-corrected chi connectivity index (χ2v) is 5.99. The Morgan fingerprint density at radius 3 is 2.67 bits per heavy atom. The molecular formula is C14H20N2O4S. The van der Waals surface area contributed by atoms with Gasteiger partial charge in [-0.15, -0.1) is 11.8 Å². The van der Waals surface area contributed by atoms with Gasteiger partial charge in [0, 0.05) is 18.2 Å². The highest BCUT2D eigenvalue weighted by Crippen LogP contribution is 2.28. The Bertz CT molecular complexity index is 520. The minimum absolute atomic E-state index is 0.0853. The third-order valence-electron chi connectivity index (χ3n) is 2.88. The van der Waals surface area contributed by atoms with Crippen molar-refractivity contribution in [1.82, 2.24) is 5.32 Å². The first-order valence-electron chi connectivity index (χ1n) is 6.63. The summed E-state index contributed by atoms with van der Waals surface area (Å²) in [5.74, 6) is -0.0904. The number of benzene rings is 1. The Hall–Kier alpha value is -1.60. The number of nitro benzene ring substituents is 1. The van der Waals surface area contributed by atoms with Gasteiger partial charge >= 0.3 is 0 Å². The van der Waals surface area contributed by atoms with E-state index in [1.165, 1.54) is 17.8 Å². The van der Waals surface area contributed by atoms with Crippen LogP contribution in [0, 0.1) is 16.0 Å². The zero-order chi connectivity index (χ0) is 16.0. The van der Waals surface area contributed by atoms with Gasteiger partial charge in [0.05, 0.1) is 15.9 Å². The smallest absolute Gasteiger partial charge is 0.283 e. The van der Waals surface area contributed by atoms with E-state index in [1.807, 2.05) is 13.8 Å². The molecular weight excluding hydrogens is 292 g/mol. The van der Waals surface area contributed by atoms with Crippen LogP contribution in [-0.2, 0) is 0 Å². The Balaban J connectivity index is 2.75. The van der Waals surface area contributed by atoms with Crippen molar-refractivity contribution in [3.63, 3.8) is 0 Å². The molecule has 0 radical (unpaired) electrons. The third-order valence-corrected chi connectivity index (χ3v) is 3.66. The zero-order valence-electron chi connectivity index (χ0n) is 12.3. The molecule has 116 valence electrons. The second-order valence-electron chi connectivity index (χ2n) is 5.14. The first-order valence-corrected chi connectivity index (χ1v) is 7.86. The molecule has 1 aromatic rings. The van der Waals surface area contributed by atoms with Gasteiger partial charge in [0.25, 0.3) is 11.6 Å². The lowest BCUT2D eigenvalue weighted by molar-refractivity contribution is -0.387. The molecule has 1 unspecified atom stereocenters. The lowest BCUT2D eigenvalue weighted by atomic mass is 10.1. The average Bonchev–Trinajstić information content (AvgIpc) is 2.43. The summed E-state index contributed by atoms with van der Waals surface area (Å²) in [7, 11) is 0. The topological polar surface area (TPSA) is 92.5 Å². The van der Waals surface area contributed by atoms with Crippen LogP contribution in [0.5, 0.6) is 0 Å². The van der Waals surface area contributed by atoms with Crippen LogP contribution in [0.25, 0.3) is 0 Å². The Morgan fingerprint density at radius 1 is 1.48 bits per heavy atom. The number of nitro groups is 1. The number of amides is 1. The molecule has 0 aromatic heterocycles. The van der Waals surface area contributed by atoms with Crippen molar-refractivity contribution >= 4 is 23.4 Å². The number of nitrogens with zero attached hydrogens (tertiary/aromatic N) is 1. The van der Waals surface area contributed by atoms with Crippen molar-refractivity contribution < 1.29 is 14.8 Å². The Morgan fingerprint density at radius 2 is 2.14 bits per heavy atom. The van der Waals surface area contributed by atoms with E-state index in [-0.39, 0.29) is 17.8 Å². The fourth-order valence-electron chi connectivity index (χ4n) is 1.91. The van der Waals surface area contributed by atoms with Crippen molar-refractivity contribution in [2.45, 2.75) is 31.3 Å². The predicted octanol–water partition coefficient (Wildman–Crippen LogP) is 2.45. The summed E-state index contributed by atoms with van der Waals surface area (Å²) in [5.41, 5.74) is 0.133. The monoisotopic (exact) mass is 312 g/mol. The predicted molar refractivity (Wildman–Crippen MR) is 82.7 cm³/mol. The molecule has 1 rings (SSSR count). The highest BCUT2D eigenvalue weighted by Gasteiger charge is 2.17. The van der Waals surface area contributed by atoms with E-state index in [9.17, 15) is 20.0 Å². The molecule has 0 saturated heterocycles. The summed E-state index contributed by atoms with van der Waals surface area (Å²) in [6, 6.07) is 4.36. The van der Waals surface area contributed by atoms with Gasteiger partial charge in [-0.25, -0.2) is 0 Å². The van der Waals surface area contributed by atoms with Crippen LogP contribution in [0.4, 0.5) is 5.69 Å². The molecule has 1 atom stereocenters. The maximum absolute atomic E-state index is 12.0. The van der Waals surface area contributed by atoms with Gasteiger partial charge in [-0.1, -0.05) is 13.8 Å². The molecule has 0 bridgehead atoms. The number of nitrogens with one attached hydrogen (secondary N) is 1. The second kappa shape index (κ2) is 7.99. The molecule has 2 N–H and O–H groups in total.